The lowest BCUT2D eigenvalue weighted by Gasteiger charge is -2.29. The molecule has 0 bridgehead atoms. The number of hydrogen-bond acceptors (Lipinski definition) is 7. The van der Waals surface area contributed by atoms with Gasteiger partial charge in [-0.2, -0.15) is 5.26 Å². The fourth-order valence-corrected chi connectivity index (χ4v) is 4.28. The number of aromatic nitrogens is 3. The van der Waals surface area contributed by atoms with Crippen molar-refractivity contribution in [1.29, 1.82) is 5.26 Å². The van der Waals surface area contributed by atoms with Crippen LogP contribution in [0.1, 0.15) is 50.4 Å². The van der Waals surface area contributed by atoms with Gasteiger partial charge in [0.05, 0.1) is 30.1 Å². The maximum absolute atomic E-state index is 13.0. The Morgan fingerprint density at radius 3 is 2.83 bits per heavy atom. The van der Waals surface area contributed by atoms with Crippen LogP contribution < -0.4 is 10.6 Å². The summed E-state index contributed by atoms with van der Waals surface area (Å²) in [4.78, 5) is 50.7. The Labute approximate surface area is 199 Å². The minimum absolute atomic E-state index is 0.117. The van der Waals surface area contributed by atoms with Crippen molar-refractivity contribution in [3.8, 4) is 11.8 Å². The van der Waals surface area contributed by atoms with E-state index in [1.807, 2.05) is 6.07 Å². The van der Waals surface area contributed by atoms with Crippen molar-refractivity contribution < 1.29 is 19.2 Å². The summed E-state index contributed by atoms with van der Waals surface area (Å²) in [5.41, 5.74) is 3.06. The van der Waals surface area contributed by atoms with Crippen molar-refractivity contribution in [2.75, 3.05) is 0 Å². The molecule has 2 aliphatic heterocycles. The Kier molecular flexibility index (Phi) is 5.54. The second-order valence-electron chi connectivity index (χ2n) is 8.23. The Hall–Kier alpha value is -4.85. The van der Waals surface area contributed by atoms with E-state index in [9.17, 15) is 19.2 Å². The number of carbonyl (C=O) groups is 4. The summed E-state index contributed by atoms with van der Waals surface area (Å²) in [6, 6.07) is 12.9. The van der Waals surface area contributed by atoms with Crippen molar-refractivity contribution in [1.82, 2.24) is 30.5 Å². The van der Waals surface area contributed by atoms with E-state index in [0.29, 0.717) is 33.6 Å². The van der Waals surface area contributed by atoms with Crippen LogP contribution in [-0.4, -0.2) is 49.6 Å². The predicted molar refractivity (Wildman–Crippen MR) is 120 cm³/mol. The van der Waals surface area contributed by atoms with Crippen molar-refractivity contribution in [3.63, 3.8) is 0 Å². The minimum atomic E-state index is -0.707. The number of imide groups is 1. The van der Waals surface area contributed by atoms with Gasteiger partial charge in [-0.15, -0.1) is 5.10 Å². The summed E-state index contributed by atoms with van der Waals surface area (Å²) in [7, 11) is 0. The number of nitriles is 1. The summed E-state index contributed by atoms with van der Waals surface area (Å²) in [5, 5.41) is 22.3. The molecule has 1 atom stereocenters. The molecule has 1 unspecified atom stereocenters. The van der Waals surface area contributed by atoms with E-state index in [-0.39, 0.29) is 43.7 Å². The first-order chi connectivity index (χ1) is 16.9. The maximum Gasteiger partial charge on any atom is 0.255 e. The van der Waals surface area contributed by atoms with Crippen LogP contribution in [0.3, 0.4) is 0 Å². The lowest BCUT2D eigenvalue weighted by Crippen LogP contribution is -2.52. The molecule has 11 nitrogen and oxygen atoms in total. The van der Waals surface area contributed by atoms with E-state index in [0.717, 1.165) is 0 Å². The van der Waals surface area contributed by atoms with Crippen LogP contribution in [0.2, 0.25) is 0 Å². The highest BCUT2D eigenvalue weighted by Gasteiger charge is 2.40. The first-order valence-corrected chi connectivity index (χ1v) is 10.9. The van der Waals surface area contributed by atoms with Gasteiger partial charge in [0.1, 0.15) is 11.7 Å². The van der Waals surface area contributed by atoms with Gasteiger partial charge in [-0.25, -0.2) is 4.68 Å². The third kappa shape index (κ3) is 4.13. The van der Waals surface area contributed by atoms with Crippen LogP contribution in [0.25, 0.3) is 5.69 Å². The number of amides is 4. The predicted octanol–water partition coefficient (Wildman–Crippen LogP) is 0.830. The maximum atomic E-state index is 13.0. The zero-order chi connectivity index (χ0) is 24.5. The van der Waals surface area contributed by atoms with Gasteiger partial charge in [0, 0.05) is 29.7 Å². The Morgan fingerprint density at radius 2 is 2.03 bits per heavy atom. The fourth-order valence-electron chi connectivity index (χ4n) is 4.28. The zero-order valence-corrected chi connectivity index (χ0v) is 18.4. The third-order valence-corrected chi connectivity index (χ3v) is 6.03. The number of carbonyl (C=O) groups excluding carboxylic acids is 4. The monoisotopic (exact) mass is 469 g/mol. The van der Waals surface area contributed by atoms with Crippen molar-refractivity contribution in [2.45, 2.75) is 32.0 Å². The number of rotatable bonds is 5. The van der Waals surface area contributed by atoms with Gasteiger partial charge in [0.2, 0.25) is 11.8 Å². The third-order valence-electron chi connectivity index (χ3n) is 6.03. The van der Waals surface area contributed by atoms with Crippen LogP contribution in [-0.2, 0) is 22.7 Å². The molecule has 3 aromatic rings. The molecule has 4 amide bonds. The van der Waals surface area contributed by atoms with Crippen molar-refractivity contribution >= 4 is 23.6 Å². The highest BCUT2D eigenvalue weighted by molar-refractivity contribution is 6.05. The molecule has 5 rings (SSSR count). The average Bonchev–Trinajstić information content (AvgIpc) is 3.47. The van der Waals surface area contributed by atoms with Gasteiger partial charge in [0.25, 0.3) is 11.8 Å². The SMILES string of the molecule is N#Cc1cccc(C(=O)NCc2cn(-c3cccc4c3CN(C3CCC(=O)NC3=O)C4=O)nn2)c1. The van der Waals surface area contributed by atoms with Crippen LogP contribution in [0.15, 0.2) is 48.7 Å². The molecule has 1 aromatic heterocycles. The summed E-state index contributed by atoms with van der Waals surface area (Å²) >= 11 is 0. The Bertz CT molecular complexity index is 1420. The molecule has 2 N–H and O–H groups in total. The zero-order valence-electron chi connectivity index (χ0n) is 18.4. The molecule has 0 spiro atoms. The molecule has 2 aromatic carbocycles. The highest BCUT2D eigenvalue weighted by Crippen LogP contribution is 2.31. The van der Waals surface area contributed by atoms with Crippen LogP contribution in [0, 0.1) is 11.3 Å². The number of fused-ring (bicyclic) bond motifs is 1. The van der Waals surface area contributed by atoms with E-state index in [4.69, 9.17) is 5.26 Å². The summed E-state index contributed by atoms with van der Waals surface area (Å²) in [5.74, 6) is -1.43. The Balaban J connectivity index is 1.32. The average molecular weight is 469 g/mol. The van der Waals surface area contributed by atoms with Gasteiger partial charge in [-0.05, 0) is 36.8 Å². The Morgan fingerprint density at radius 1 is 1.20 bits per heavy atom. The normalized spacial score (nSPS) is 17.1. The smallest absolute Gasteiger partial charge is 0.255 e. The lowest BCUT2D eigenvalue weighted by atomic mass is 10.0. The van der Waals surface area contributed by atoms with Crippen LogP contribution in [0.5, 0.6) is 0 Å². The summed E-state index contributed by atoms with van der Waals surface area (Å²) in [6.45, 7) is 0.323. The molecule has 35 heavy (non-hydrogen) atoms. The second-order valence-corrected chi connectivity index (χ2v) is 8.23. The van der Waals surface area contributed by atoms with E-state index in [1.54, 1.807) is 42.6 Å². The van der Waals surface area contributed by atoms with Gasteiger partial charge < -0.3 is 10.2 Å². The van der Waals surface area contributed by atoms with Crippen molar-refractivity contribution in [3.05, 3.63) is 76.6 Å². The molecular formula is C24H19N7O4. The number of hydrogen-bond donors (Lipinski definition) is 2. The lowest BCUT2D eigenvalue weighted by molar-refractivity contribution is -0.136. The van der Waals surface area contributed by atoms with Crippen molar-refractivity contribution in [2.24, 2.45) is 0 Å². The van der Waals surface area contributed by atoms with Gasteiger partial charge >= 0.3 is 0 Å². The summed E-state index contributed by atoms with van der Waals surface area (Å²) < 4.78 is 1.53. The second kappa shape index (κ2) is 8.83. The number of nitrogens with one attached hydrogen (secondary N) is 2. The molecule has 2 aliphatic rings. The van der Waals surface area contributed by atoms with E-state index in [1.165, 1.54) is 15.6 Å². The minimum Gasteiger partial charge on any atom is -0.346 e. The van der Waals surface area contributed by atoms with Crippen LogP contribution in [0.4, 0.5) is 0 Å². The highest BCUT2D eigenvalue weighted by atomic mass is 16.2. The molecule has 1 fully saturated rings. The molecule has 0 aliphatic carbocycles. The van der Waals surface area contributed by atoms with Gasteiger partial charge in [-0.1, -0.05) is 17.3 Å². The number of benzene rings is 2. The quantitative estimate of drug-likeness (QED) is 0.526. The molecule has 174 valence electrons. The van der Waals surface area contributed by atoms with Gasteiger partial charge in [0.15, 0.2) is 0 Å². The fraction of sp³-hybridized carbons (Fsp3) is 0.208. The molecule has 11 heteroatoms. The largest absolute Gasteiger partial charge is 0.346 e. The van der Waals surface area contributed by atoms with E-state index >= 15 is 0 Å². The topological polar surface area (TPSA) is 150 Å². The van der Waals surface area contributed by atoms with Crippen LogP contribution >= 0.6 is 0 Å². The molecule has 0 saturated carbocycles. The molecule has 3 heterocycles. The van der Waals surface area contributed by atoms with Gasteiger partial charge in [-0.3, -0.25) is 24.5 Å². The first kappa shape index (κ1) is 22.0. The van der Waals surface area contributed by atoms with E-state index in [2.05, 4.69) is 20.9 Å². The summed E-state index contributed by atoms with van der Waals surface area (Å²) in [6.07, 6.45) is 2.12. The number of nitrogens with zero attached hydrogens (tertiary/aromatic N) is 5. The van der Waals surface area contributed by atoms with E-state index < -0.39 is 11.9 Å². The standard InChI is InChI=1S/C24H19N7O4/c25-10-14-3-1-4-15(9-14)22(33)26-11-16-12-31(29-28-16)19-6-2-5-17-18(19)13-30(24(17)35)20-7-8-21(32)27-23(20)34/h1-6,9,12,20H,7-8,11,13H2,(H,26,33)(H,27,32,34). The number of piperidine rings is 1. The first-order valence-electron chi connectivity index (χ1n) is 10.9. The molecular weight excluding hydrogens is 450 g/mol. The molecule has 0 radical (unpaired) electrons. The molecule has 1 saturated heterocycles.